The van der Waals surface area contributed by atoms with E-state index in [4.69, 9.17) is 23.2 Å². The fraction of sp³-hybridized carbons (Fsp3) is 0.476. The minimum atomic E-state index is 0.398. The molecule has 1 aliphatic carbocycles. The van der Waals surface area contributed by atoms with Crippen molar-refractivity contribution in [2.24, 2.45) is 5.92 Å². The molecule has 3 heteroatoms. The van der Waals surface area contributed by atoms with Crippen LogP contribution in [0.1, 0.15) is 61.6 Å². The van der Waals surface area contributed by atoms with Gasteiger partial charge in [-0.15, -0.1) is 0 Å². The summed E-state index contributed by atoms with van der Waals surface area (Å²) in [6.45, 7) is 2.21. The van der Waals surface area contributed by atoms with E-state index in [0.29, 0.717) is 10.2 Å². The zero-order chi connectivity index (χ0) is 16.9. The average molecular weight is 362 g/mol. The molecular weight excluding hydrogens is 337 g/mol. The monoisotopic (exact) mass is 361 g/mol. The molecule has 2 aromatic rings. The summed E-state index contributed by atoms with van der Waals surface area (Å²) in [5, 5.41) is 0.961. The minimum Gasteiger partial charge on any atom is -0.243 e. The Balaban J connectivity index is 1.48. The summed E-state index contributed by atoms with van der Waals surface area (Å²) >= 11 is 11.9. The highest BCUT2D eigenvalue weighted by Gasteiger charge is 2.22. The van der Waals surface area contributed by atoms with Crippen LogP contribution in [0.3, 0.4) is 0 Å². The summed E-state index contributed by atoms with van der Waals surface area (Å²) in [6.07, 6.45) is 10.5. The first-order chi connectivity index (χ1) is 11.7. The van der Waals surface area contributed by atoms with Crippen LogP contribution in [0.4, 0.5) is 0 Å². The van der Waals surface area contributed by atoms with Gasteiger partial charge in [0.15, 0.2) is 0 Å². The Morgan fingerprint density at radius 1 is 1.00 bits per heavy atom. The number of pyridine rings is 1. The Morgan fingerprint density at radius 2 is 1.71 bits per heavy atom. The first-order valence-corrected chi connectivity index (χ1v) is 9.80. The lowest BCUT2D eigenvalue weighted by atomic mass is 9.77. The predicted molar refractivity (Wildman–Crippen MR) is 103 cm³/mol. The third-order valence-corrected chi connectivity index (χ3v) is 6.09. The van der Waals surface area contributed by atoms with Crippen molar-refractivity contribution in [1.29, 1.82) is 0 Å². The highest BCUT2D eigenvalue weighted by molar-refractivity contribution is 6.41. The van der Waals surface area contributed by atoms with Crippen LogP contribution < -0.4 is 0 Å². The van der Waals surface area contributed by atoms with Crippen molar-refractivity contribution in [1.82, 2.24) is 4.98 Å². The number of rotatable bonds is 5. The van der Waals surface area contributed by atoms with Crippen LogP contribution in [0.15, 0.2) is 36.5 Å². The van der Waals surface area contributed by atoms with E-state index in [1.807, 2.05) is 12.3 Å². The molecule has 0 saturated heterocycles. The zero-order valence-electron chi connectivity index (χ0n) is 14.3. The minimum absolute atomic E-state index is 0.398. The van der Waals surface area contributed by atoms with Gasteiger partial charge >= 0.3 is 0 Å². The Hall–Kier alpha value is -1.05. The lowest BCUT2D eigenvalue weighted by molar-refractivity contribution is 0.310. The number of aryl methyl sites for hydroxylation is 2. The molecule has 0 aliphatic heterocycles. The van der Waals surface area contributed by atoms with E-state index in [9.17, 15) is 0 Å². The van der Waals surface area contributed by atoms with E-state index in [1.54, 1.807) is 0 Å². The van der Waals surface area contributed by atoms with Gasteiger partial charge in [-0.05, 0) is 79.5 Å². The van der Waals surface area contributed by atoms with E-state index < -0.39 is 0 Å². The third-order valence-electron chi connectivity index (χ3n) is 5.40. The molecule has 1 aromatic carbocycles. The first kappa shape index (κ1) is 17.8. The van der Waals surface area contributed by atoms with Crippen molar-refractivity contribution < 1.29 is 0 Å². The van der Waals surface area contributed by atoms with Crippen LogP contribution in [0.25, 0.3) is 0 Å². The molecule has 0 spiro atoms. The van der Waals surface area contributed by atoms with E-state index in [-0.39, 0.29) is 0 Å². The molecule has 0 N–H and O–H groups in total. The van der Waals surface area contributed by atoms with E-state index >= 15 is 0 Å². The standard InChI is InChI=1S/C21H25Cl2N/c1-2-15-5-9-18(10-6-15)19-11-7-16(8-12-19)3-4-17-13-20(22)21(23)24-14-17/h5-6,9-10,13-14,16,19H,2-4,7-8,11-12H2,1H3. The maximum absolute atomic E-state index is 6.05. The van der Waals surface area contributed by atoms with Crippen LogP contribution in [0, 0.1) is 5.92 Å². The van der Waals surface area contributed by atoms with Crippen LogP contribution in [-0.2, 0) is 12.8 Å². The van der Waals surface area contributed by atoms with Crippen molar-refractivity contribution in [3.8, 4) is 0 Å². The highest BCUT2D eigenvalue weighted by atomic mass is 35.5. The second kappa shape index (κ2) is 8.36. The predicted octanol–water partition coefficient (Wildman–Crippen LogP) is 6.86. The molecule has 1 heterocycles. The van der Waals surface area contributed by atoms with Gasteiger partial charge in [-0.2, -0.15) is 0 Å². The number of nitrogens with zero attached hydrogens (tertiary/aromatic N) is 1. The van der Waals surface area contributed by atoms with Crippen molar-refractivity contribution in [3.63, 3.8) is 0 Å². The smallest absolute Gasteiger partial charge is 0.147 e. The molecule has 3 rings (SSSR count). The Labute approximate surface area is 155 Å². The van der Waals surface area contributed by atoms with Crippen molar-refractivity contribution in [2.45, 2.75) is 57.8 Å². The first-order valence-electron chi connectivity index (χ1n) is 9.04. The maximum atomic E-state index is 6.05. The number of hydrogen-bond donors (Lipinski definition) is 0. The molecule has 1 nitrogen and oxygen atoms in total. The van der Waals surface area contributed by atoms with Gasteiger partial charge in [-0.25, -0.2) is 4.98 Å². The Kier molecular flexibility index (Phi) is 6.19. The van der Waals surface area contributed by atoms with Gasteiger partial charge in [0.05, 0.1) is 5.02 Å². The molecular formula is C21H25Cl2N. The molecule has 128 valence electrons. The summed E-state index contributed by atoms with van der Waals surface area (Å²) in [5.41, 5.74) is 4.16. The summed E-state index contributed by atoms with van der Waals surface area (Å²) < 4.78 is 0. The topological polar surface area (TPSA) is 12.9 Å². The normalized spacial score (nSPS) is 21.0. The largest absolute Gasteiger partial charge is 0.243 e. The lowest BCUT2D eigenvalue weighted by Crippen LogP contribution is -2.14. The second-order valence-corrected chi connectivity index (χ2v) is 7.73. The van der Waals surface area contributed by atoms with E-state index in [0.717, 1.165) is 24.7 Å². The van der Waals surface area contributed by atoms with Gasteiger partial charge in [0.2, 0.25) is 0 Å². The molecule has 0 bridgehead atoms. The van der Waals surface area contributed by atoms with Crippen molar-refractivity contribution in [2.75, 3.05) is 0 Å². The van der Waals surface area contributed by atoms with Crippen LogP contribution >= 0.6 is 23.2 Å². The number of aromatic nitrogens is 1. The van der Waals surface area contributed by atoms with Gasteiger partial charge in [0, 0.05) is 6.20 Å². The van der Waals surface area contributed by atoms with Crippen molar-refractivity contribution >= 4 is 23.2 Å². The van der Waals surface area contributed by atoms with Gasteiger partial charge in [0.1, 0.15) is 5.15 Å². The van der Waals surface area contributed by atoms with E-state index in [1.165, 1.54) is 48.8 Å². The highest BCUT2D eigenvalue weighted by Crippen LogP contribution is 2.37. The fourth-order valence-corrected chi connectivity index (χ4v) is 4.07. The lowest BCUT2D eigenvalue weighted by Gasteiger charge is -2.29. The van der Waals surface area contributed by atoms with Gasteiger partial charge < -0.3 is 0 Å². The van der Waals surface area contributed by atoms with Crippen LogP contribution in [0.5, 0.6) is 0 Å². The molecule has 1 fully saturated rings. The number of hydrogen-bond acceptors (Lipinski definition) is 1. The molecule has 24 heavy (non-hydrogen) atoms. The maximum Gasteiger partial charge on any atom is 0.147 e. The third kappa shape index (κ3) is 4.52. The summed E-state index contributed by atoms with van der Waals surface area (Å²) in [5.74, 6) is 1.57. The Morgan fingerprint density at radius 3 is 2.33 bits per heavy atom. The van der Waals surface area contributed by atoms with Crippen molar-refractivity contribution in [3.05, 3.63) is 63.4 Å². The Bertz CT molecular complexity index is 658. The summed E-state index contributed by atoms with van der Waals surface area (Å²) in [7, 11) is 0. The molecule has 1 aliphatic rings. The summed E-state index contributed by atoms with van der Waals surface area (Å²) in [6, 6.07) is 11.2. The second-order valence-electron chi connectivity index (χ2n) is 6.97. The molecule has 0 amide bonds. The van der Waals surface area contributed by atoms with Gasteiger partial charge in [-0.1, -0.05) is 54.4 Å². The molecule has 1 saturated carbocycles. The van der Waals surface area contributed by atoms with Gasteiger partial charge in [-0.3, -0.25) is 0 Å². The molecule has 0 radical (unpaired) electrons. The number of halogens is 2. The molecule has 0 atom stereocenters. The van der Waals surface area contributed by atoms with Crippen LogP contribution in [-0.4, -0.2) is 4.98 Å². The summed E-state index contributed by atoms with van der Waals surface area (Å²) in [4.78, 5) is 4.14. The molecule has 1 aromatic heterocycles. The average Bonchev–Trinajstić information content (AvgIpc) is 2.63. The fourth-order valence-electron chi connectivity index (χ4n) is 3.78. The quantitative estimate of drug-likeness (QED) is 0.530. The molecule has 0 unspecified atom stereocenters. The number of benzene rings is 1. The van der Waals surface area contributed by atoms with E-state index in [2.05, 4.69) is 36.2 Å². The zero-order valence-corrected chi connectivity index (χ0v) is 15.8. The SMILES string of the molecule is CCc1ccc(C2CCC(CCc3cnc(Cl)c(Cl)c3)CC2)cc1. The van der Waals surface area contributed by atoms with Gasteiger partial charge in [0.25, 0.3) is 0 Å². The van der Waals surface area contributed by atoms with Crippen LogP contribution in [0.2, 0.25) is 10.2 Å².